The van der Waals surface area contributed by atoms with Crippen LogP contribution in [0.15, 0.2) is 35.6 Å². The topological polar surface area (TPSA) is 84.8 Å². The van der Waals surface area contributed by atoms with Crippen LogP contribution in [0.1, 0.15) is 31.7 Å². The maximum absolute atomic E-state index is 12.2. The summed E-state index contributed by atoms with van der Waals surface area (Å²) < 4.78 is 7.76. The lowest BCUT2D eigenvalue weighted by molar-refractivity contribution is -0.119. The molecule has 7 nitrogen and oxygen atoms in total. The summed E-state index contributed by atoms with van der Waals surface area (Å²) in [5.41, 5.74) is 2.15. The van der Waals surface area contributed by atoms with Crippen molar-refractivity contribution >= 4 is 28.6 Å². The molecular formula is C20H23N5O2S. The zero-order valence-electron chi connectivity index (χ0n) is 15.6. The van der Waals surface area contributed by atoms with Crippen LogP contribution in [-0.4, -0.2) is 50.7 Å². The van der Waals surface area contributed by atoms with Crippen LogP contribution in [-0.2, 0) is 9.53 Å². The third-order valence-corrected chi connectivity index (χ3v) is 6.23. The molecule has 1 saturated carbocycles. The second-order valence-corrected chi connectivity index (χ2v) is 8.33. The normalized spacial score (nSPS) is 19.4. The lowest BCUT2D eigenvalue weighted by atomic mass is 10.1. The second-order valence-electron chi connectivity index (χ2n) is 7.38. The van der Waals surface area contributed by atoms with Gasteiger partial charge in [-0.3, -0.25) is 9.36 Å². The molecule has 146 valence electrons. The molecule has 0 unspecified atom stereocenters. The van der Waals surface area contributed by atoms with Crippen molar-refractivity contribution in [2.24, 2.45) is 0 Å². The first-order valence-corrected chi connectivity index (χ1v) is 10.8. The smallest absolute Gasteiger partial charge is 0.230 e. The van der Waals surface area contributed by atoms with Crippen LogP contribution >= 0.6 is 11.8 Å². The average molecular weight is 398 g/mol. The van der Waals surface area contributed by atoms with Crippen molar-refractivity contribution in [3.63, 3.8) is 0 Å². The van der Waals surface area contributed by atoms with Crippen LogP contribution in [0.25, 0.3) is 22.3 Å². The molecule has 2 N–H and O–H groups in total. The number of aromatic nitrogens is 4. The largest absolute Gasteiger partial charge is 0.376 e. The summed E-state index contributed by atoms with van der Waals surface area (Å²) in [6, 6.07) is 8.63. The van der Waals surface area contributed by atoms with Gasteiger partial charge in [-0.1, -0.05) is 30.0 Å². The number of ether oxygens (including phenoxy) is 1. The number of carbonyl (C=O) groups is 1. The number of carbonyl (C=O) groups excluding carboxylic acids is 1. The van der Waals surface area contributed by atoms with E-state index in [1.165, 1.54) is 11.8 Å². The quantitative estimate of drug-likeness (QED) is 0.598. The van der Waals surface area contributed by atoms with E-state index in [-0.39, 0.29) is 12.0 Å². The second kappa shape index (κ2) is 7.60. The van der Waals surface area contributed by atoms with Gasteiger partial charge in [0.2, 0.25) is 5.91 Å². The van der Waals surface area contributed by atoms with E-state index in [0.29, 0.717) is 18.3 Å². The summed E-state index contributed by atoms with van der Waals surface area (Å²) in [5, 5.41) is 13.8. The predicted octanol–water partition coefficient (Wildman–Crippen LogP) is 3.15. The van der Waals surface area contributed by atoms with Crippen LogP contribution in [0.4, 0.5) is 0 Å². The van der Waals surface area contributed by atoms with E-state index in [0.717, 1.165) is 59.7 Å². The van der Waals surface area contributed by atoms with E-state index >= 15 is 0 Å². The first-order chi connectivity index (χ1) is 13.8. The Bertz CT molecular complexity index is 988. The van der Waals surface area contributed by atoms with Crippen molar-refractivity contribution in [1.82, 2.24) is 25.1 Å². The fraction of sp³-hybridized carbons (Fsp3) is 0.450. The molecular weight excluding hydrogens is 374 g/mol. The Balaban J connectivity index is 1.31. The molecule has 2 aliphatic rings. The van der Waals surface area contributed by atoms with Gasteiger partial charge in [0.25, 0.3) is 0 Å². The Kier molecular flexibility index (Phi) is 4.82. The summed E-state index contributed by atoms with van der Waals surface area (Å²) in [6.07, 6.45) is 6.53. The van der Waals surface area contributed by atoms with Crippen LogP contribution in [0.5, 0.6) is 0 Å². The van der Waals surface area contributed by atoms with Gasteiger partial charge in [-0.2, -0.15) is 0 Å². The van der Waals surface area contributed by atoms with E-state index in [1.54, 1.807) is 0 Å². The Labute approximate surface area is 167 Å². The maximum Gasteiger partial charge on any atom is 0.230 e. The fourth-order valence-electron chi connectivity index (χ4n) is 3.69. The molecule has 2 aromatic heterocycles. The van der Waals surface area contributed by atoms with Crippen LogP contribution in [0, 0.1) is 0 Å². The number of H-pyrrole nitrogens is 1. The molecule has 1 aliphatic heterocycles. The van der Waals surface area contributed by atoms with Gasteiger partial charge in [-0.05, 0) is 31.7 Å². The minimum atomic E-state index is 0.0134. The molecule has 1 aromatic carbocycles. The fourth-order valence-corrected chi connectivity index (χ4v) is 4.53. The molecule has 0 spiro atoms. The summed E-state index contributed by atoms with van der Waals surface area (Å²) in [4.78, 5) is 15.5. The molecule has 3 aromatic rings. The molecule has 28 heavy (non-hydrogen) atoms. The Morgan fingerprint density at radius 2 is 2.18 bits per heavy atom. The third-order valence-electron chi connectivity index (χ3n) is 5.29. The van der Waals surface area contributed by atoms with E-state index in [1.807, 2.05) is 18.3 Å². The Hall–Kier alpha value is -2.32. The van der Waals surface area contributed by atoms with Crippen LogP contribution in [0.3, 0.4) is 0 Å². The summed E-state index contributed by atoms with van der Waals surface area (Å²) in [5.74, 6) is 1.23. The molecule has 0 radical (unpaired) electrons. The van der Waals surface area contributed by atoms with Gasteiger partial charge < -0.3 is 15.0 Å². The number of amides is 1. The molecule has 3 heterocycles. The monoisotopic (exact) mass is 397 g/mol. The Morgan fingerprint density at radius 3 is 3.00 bits per heavy atom. The van der Waals surface area contributed by atoms with Crippen molar-refractivity contribution < 1.29 is 9.53 Å². The number of hydrogen-bond acceptors (Lipinski definition) is 5. The number of hydrogen-bond donors (Lipinski definition) is 2. The molecule has 1 aliphatic carbocycles. The number of fused-ring (bicyclic) bond motifs is 1. The van der Waals surface area contributed by atoms with Crippen molar-refractivity contribution in [2.75, 3.05) is 18.9 Å². The van der Waals surface area contributed by atoms with Crippen LogP contribution < -0.4 is 5.32 Å². The maximum atomic E-state index is 12.2. The molecule has 8 heteroatoms. The highest BCUT2D eigenvalue weighted by molar-refractivity contribution is 7.99. The van der Waals surface area contributed by atoms with Crippen LogP contribution in [0.2, 0.25) is 0 Å². The molecule has 1 atom stereocenters. The summed E-state index contributed by atoms with van der Waals surface area (Å²) in [7, 11) is 0. The Morgan fingerprint density at radius 1 is 1.29 bits per heavy atom. The summed E-state index contributed by atoms with van der Waals surface area (Å²) in [6.45, 7) is 1.39. The number of nitrogens with zero attached hydrogens (tertiary/aromatic N) is 3. The van der Waals surface area contributed by atoms with E-state index < -0.39 is 0 Å². The average Bonchev–Trinajstić information content (AvgIpc) is 3.13. The van der Waals surface area contributed by atoms with Crippen molar-refractivity contribution in [3.8, 4) is 11.4 Å². The number of aromatic amines is 1. The molecule has 0 bridgehead atoms. The first-order valence-electron chi connectivity index (χ1n) is 9.82. The zero-order valence-corrected chi connectivity index (χ0v) is 16.4. The molecule has 1 saturated heterocycles. The lowest BCUT2D eigenvalue weighted by Crippen LogP contribution is -2.32. The van der Waals surface area contributed by atoms with Crippen molar-refractivity contribution in [3.05, 3.63) is 30.5 Å². The van der Waals surface area contributed by atoms with Gasteiger partial charge in [0.1, 0.15) is 0 Å². The van der Waals surface area contributed by atoms with E-state index in [2.05, 4.69) is 37.2 Å². The minimum Gasteiger partial charge on any atom is -0.376 e. The highest BCUT2D eigenvalue weighted by atomic mass is 32.2. The molecule has 1 amide bonds. The van der Waals surface area contributed by atoms with Crippen molar-refractivity contribution in [1.29, 1.82) is 0 Å². The van der Waals surface area contributed by atoms with Gasteiger partial charge in [0.15, 0.2) is 11.0 Å². The van der Waals surface area contributed by atoms with Gasteiger partial charge in [-0.25, -0.2) is 0 Å². The van der Waals surface area contributed by atoms with Crippen molar-refractivity contribution in [2.45, 2.75) is 43.0 Å². The number of benzene rings is 1. The van der Waals surface area contributed by atoms with Gasteiger partial charge >= 0.3 is 0 Å². The minimum absolute atomic E-state index is 0.0134. The lowest BCUT2D eigenvalue weighted by Gasteiger charge is -2.11. The third kappa shape index (κ3) is 3.54. The number of rotatable bonds is 7. The van der Waals surface area contributed by atoms with Gasteiger partial charge in [0.05, 0.1) is 11.9 Å². The van der Waals surface area contributed by atoms with E-state index in [4.69, 9.17) is 4.74 Å². The number of para-hydroxylation sites is 1. The first kappa shape index (κ1) is 17.8. The molecule has 2 fully saturated rings. The number of nitrogens with one attached hydrogen (secondary N) is 2. The zero-order chi connectivity index (χ0) is 18.9. The standard InChI is InChI=1S/C20H23N5O2S/c26-18(22-10-14-4-3-9-27-14)12-28-20-24-23-19(25(20)13-7-8-13)16-11-21-17-6-2-1-5-15(16)17/h1-2,5-6,11,13-14,21H,3-4,7-10,12H2,(H,22,26)/t14-/m0/s1. The highest BCUT2D eigenvalue weighted by Gasteiger charge is 2.31. The van der Waals surface area contributed by atoms with E-state index in [9.17, 15) is 4.79 Å². The predicted molar refractivity (Wildman–Crippen MR) is 108 cm³/mol. The van der Waals surface area contributed by atoms with Gasteiger partial charge in [0, 0.05) is 41.9 Å². The SMILES string of the molecule is O=C(CSc1nnc(-c2c[nH]c3ccccc23)n1C1CC1)NC[C@@H]1CCCO1. The number of thioether (sulfide) groups is 1. The highest BCUT2D eigenvalue weighted by Crippen LogP contribution is 2.42. The van der Waals surface area contributed by atoms with Gasteiger partial charge in [-0.15, -0.1) is 10.2 Å². The molecule has 5 rings (SSSR count). The summed E-state index contributed by atoms with van der Waals surface area (Å²) >= 11 is 1.46.